The van der Waals surface area contributed by atoms with Crippen molar-refractivity contribution in [3.8, 4) is 0 Å². The molecule has 0 aliphatic heterocycles. The molecule has 1 heteroatoms. The van der Waals surface area contributed by atoms with Gasteiger partial charge in [0, 0.05) is 5.56 Å². The van der Waals surface area contributed by atoms with Crippen LogP contribution in [0.3, 0.4) is 0 Å². The van der Waals surface area contributed by atoms with Gasteiger partial charge in [-0.2, -0.15) is 0 Å². The second-order valence-corrected chi connectivity index (χ2v) is 3.67. The molecule has 0 saturated carbocycles. The average Bonchev–Trinajstić information content (AvgIpc) is 2.39. The first kappa shape index (κ1) is 10.6. The second kappa shape index (κ2) is 4.75. The zero-order valence-corrected chi connectivity index (χ0v) is 9.15. The van der Waals surface area contributed by atoms with Crippen LogP contribution < -0.4 is 0 Å². The fourth-order valence-corrected chi connectivity index (χ4v) is 1.62. The van der Waals surface area contributed by atoms with E-state index in [1.54, 1.807) is 19.1 Å². The molecule has 0 bridgehead atoms. The maximum atomic E-state index is 14.1. The molecule has 0 heterocycles. The van der Waals surface area contributed by atoms with Crippen molar-refractivity contribution in [1.29, 1.82) is 0 Å². The van der Waals surface area contributed by atoms with Gasteiger partial charge in [0.05, 0.1) is 0 Å². The number of rotatable bonds is 2. The molecule has 0 aliphatic carbocycles. The quantitative estimate of drug-likeness (QED) is 0.641. The highest BCUT2D eigenvalue weighted by atomic mass is 19.1. The number of halogens is 1. The standard InChI is InChI=1S/C15H13F/c1-12(13-8-4-2-5-9-13)15(16)14-10-6-3-7-11-14/h2-11H,1H3/b15-12-. The van der Waals surface area contributed by atoms with Crippen LogP contribution >= 0.6 is 0 Å². The Morgan fingerprint density at radius 2 is 1.19 bits per heavy atom. The Kier molecular flexibility index (Phi) is 3.16. The van der Waals surface area contributed by atoms with Crippen molar-refractivity contribution in [3.63, 3.8) is 0 Å². The van der Waals surface area contributed by atoms with E-state index in [1.165, 1.54) is 0 Å². The first-order valence-corrected chi connectivity index (χ1v) is 5.26. The van der Waals surface area contributed by atoms with Gasteiger partial charge in [-0.15, -0.1) is 0 Å². The smallest absolute Gasteiger partial charge is 0.133 e. The average molecular weight is 212 g/mol. The van der Waals surface area contributed by atoms with Gasteiger partial charge in [0.1, 0.15) is 5.83 Å². The Balaban J connectivity index is 2.43. The highest BCUT2D eigenvalue weighted by molar-refractivity contribution is 5.85. The summed E-state index contributed by atoms with van der Waals surface area (Å²) in [6.07, 6.45) is 0. The molecule has 0 unspecified atom stereocenters. The molecule has 0 N–H and O–H groups in total. The molecule has 0 radical (unpaired) electrons. The Labute approximate surface area is 95.1 Å². The molecule has 2 aromatic carbocycles. The van der Waals surface area contributed by atoms with Gasteiger partial charge in [0.15, 0.2) is 0 Å². The van der Waals surface area contributed by atoms with Crippen molar-refractivity contribution in [2.24, 2.45) is 0 Å². The Morgan fingerprint density at radius 3 is 1.69 bits per heavy atom. The van der Waals surface area contributed by atoms with Gasteiger partial charge < -0.3 is 0 Å². The molecule has 0 spiro atoms. The van der Waals surface area contributed by atoms with Crippen LogP contribution in [0.25, 0.3) is 11.4 Å². The van der Waals surface area contributed by atoms with Crippen LogP contribution in [0.15, 0.2) is 60.7 Å². The van der Waals surface area contributed by atoms with Crippen LogP contribution in [-0.4, -0.2) is 0 Å². The molecule has 0 amide bonds. The van der Waals surface area contributed by atoms with E-state index in [1.807, 2.05) is 48.5 Å². The van der Waals surface area contributed by atoms with Crippen molar-refractivity contribution in [1.82, 2.24) is 0 Å². The van der Waals surface area contributed by atoms with E-state index in [0.717, 1.165) is 5.56 Å². The number of hydrogen-bond acceptors (Lipinski definition) is 0. The van der Waals surface area contributed by atoms with Crippen molar-refractivity contribution in [2.45, 2.75) is 6.92 Å². The highest BCUT2D eigenvalue weighted by Gasteiger charge is 2.05. The van der Waals surface area contributed by atoms with Crippen LogP contribution in [-0.2, 0) is 0 Å². The van der Waals surface area contributed by atoms with Crippen molar-refractivity contribution in [2.75, 3.05) is 0 Å². The largest absolute Gasteiger partial charge is 0.206 e. The molecule has 0 atom stereocenters. The normalized spacial score (nSPS) is 12.1. The minimum absolute atomic E-state index is 0.160. The van der Waals surface area contributed by atoms with Gasteiger partial charge in [-0.25, -0.2) is 4.39 Å². The van der Waals surface area contributed by atoms with Gasteiger partial charge in [0.2, 0.25) is 0 Å². The summed E-state index contributed by atoms with van der Waals surface area (Å²) in [5, 5.41) is 0. The molecule has 80 valence electrons. The maximum Gasteiger partial charge on any atom is 0.133 e. The van der Waals surface area contributed by atoms with E-state index < -0.39 is 0 Å². The highest BCUT2D eigenvalue weighted by Crippen LogP contribution is 2.26. The first-order valence-electron chi connectivity index (χ1n) is 5.26. The monoisotopic (exact) mass is 212 g/mol. The zero-order chi connectivity index (χ0) is 11.4. The van der Waals surface area contributed by atoms with Crippen LogP contribution in [0.4, 0.5) is 4.39 Å². The number of benzene rings is 2. The van der Waals surface area contributed by atoms with Gasteiger partial charge in [-0.1, -0.05) is 60.7 Å². The van der Waals surface area contributed by atoms with E-state index in [4.69, 9.17) is 0 Å². The molecule has 0 saturated heterocycles. The summed E-state index contributed by atoms with van der Waals surface area (Å²) in [5.74, 6) is -0.160. The first-order chi connectivity index (χ1) is 7.79. The van der Waals surface area contributed by atoms with E-state index in [-0.39, 0.29) is 5.83 Å². The molecule has 0 fully saturated rings. The van der Waals surface area contributed by atoms with Gasteiger partial charge >= 0.3 is 0 Å². The Bertz CT molecular complexity index is 436. The molecule has 0 nitrogen and oxygen atoms in total. The lowest BCUT2D eigenvalue weighted by molar-refractivity contribution is 0.761. The fraction of sp³-hybridized carbons (Fsp3) is 0.0667. The van der Waals surface area contributed by atoms with Crippen LogP contribution in [0.2, 0.25) is 0 Å². The minimum Gasteiger partial charge on any atom is -0.206 e. The molecule has 2 rings (SSSR count). The zero-order valence-electron chi connectivity index (χ0n) is 9.15. The van der Waals surface area contributed by atoms with Gasteiger partial charge in [-0.05, 0) is 18.1 Å². The van der Waals surface area contributed by atoms with E-state index >= 15 is 0 Å². The van der Waals surface area contributed by atoms with Crippen LogP contribution in [0.5, 0.6) is 0 Å². The van der Waals surface area contributed by atoms with Crippen molar-refractivity contribution < 1.29 is 4.39 Å². The summed E-state index contributed by atoms with van der Waals surface area (Å²) >= 11 is 0. The molecule has 16 heavy (non-hydrogen) atoms. The lowest BCUT2D eigenvalue weighted by Crippen LogP contribution is -1.84. The Hall–Kier alpha value is -1.89. The SMILES string of the molecule is C/C(=C(/F)c1ccccc1)c1ccccc1. The molecule has 2 aromatic rings. The van der Waals surface area contributed by atoms with Crippen LogP contribution in [0, 0.1) is 0 Å². The topological polar surface area (TPSA) is 0 Å². The third-order valence-electron chi connectivity index (χ3n) is 2.56. The number of hydrogen-bond donors (Lipinski definition) is 0. The van der Waals surface area contributed by atoms with Crippen molar-refractivity contribution in [3.05, 3.63) is 71.8 Å². The fourth-order valence-electron chi connectivity index (χ4n) is 1.62. The van der Waals surface area contributed by atoms with Gasteiger partial charge in [-0.3, -0.25) is 0 Å². The van der Waals surface area contributed by atoms with E-state index in [9.17, 15) is 4.39 Å². The minimum atomic E-state index is -0.160. The summed E-state index contributed by atoms with van der Waals surface area (Å²) in [7, 11) is 0. The summed E-state index contributed by atoms with van der Waals surface area (Å²) in [6.45, 7) is 1.80. The third-order valence-corrected chi connectivity index (χ3v) is 2.56. The summed E-state index contributed by atoms with van der Waals surface area (Å²) in [6, 6.07) is 18.7. The predicted octanol–water partition coefficient (Wildman–Crippen LogP) is 4.54. The number of allylic oxidation sites excluding steroid dienone is 1. The maximum absolute atomic E-state index is 14.1. The molecular weight excluding hydrogens is 199 g/mol. The molecular formula is C15H13F. The summed E-state index contributed by atoms with van der Waals surface area (Å²) in [5.41, 5.74) is 2.22. The van der Waals surface area contributed by atoms with E-state index in [0.29, 0.717) is 11.1 Å². The van der Waals surface area contributed by atoms with Gasteiger partial charge in [0.25, 0.3) is 0 Å². The Morgan fingerprint density at radius 1 is 0.750 bits per heavy atom. The molecule has 0 aromatic heterocycles. The predicted molar refractivity (Wildman–Crippen MR) is 66.5 cm³/mol. The lowest BCUT2D eigenvalue weighted by Gasteiger charge is -2.04. The second-order valence-electron chi connectivity index (χ2n) is 3.67. The van der Waals surface area contributed by atoms with Crippen molar-refractivity contribution >= 4 is 11.4 Å². The van der Waals surface area contributed by atoms with Crippen LogP contribution in [0.1, 0.15) is 18.1 Å². The lowest BCUT2D eigenvalue weighted by atomic mass is 10.0. The molecule has 0 aliphatic rings. The third kappa shape index (κ3) is 2.19. The van der Waals surface area contributed by atoms with E-state index in [2.05, 4.69) is 0 Å². The summed E-state index contributed by atoms with van der Waals surface area (Å²) in [4.78, 5) is 0. The summed E-state index contributed by atoms with van der Waals surface area (Å²) < 4.78 is 14.1.